The van der Waals surface area contributed by atoms with E-state index in [1.54, 1.807) is 77.7 Å². The number of rotatable bonds is 21. The third kappa shape index (κ3) is 22.8. The zero-order valence-corrected chi connectivity index (χ0v) is 82.7. The number of aliphatic hydroxyl groups excluding tert-OH is 1. The highest BCUT2D eigenvalue weighted by Crippen LogP contribution is 2.35. The number of ether oxygens (including phenoxy) is 1. The Bertz CT molecular complexity index is 7390. The summed E-state index contributed by atoms with van der Waals surface area (Å²) >= 11 is 0. The highest BCUT2D eigenvalue weighted by molar-refractivity contribution is 7.92. The van der Waals surface area contributed by atoms with E-state index < -0.39 is 30.1 Å². The molecule has 9 aliphatic rings. The van der Waals surface area contributed by atoms with Gasteiger partial charge in [0.25, 0.3) is 39.6 Å². The summed E-state index contributed by atoms with van der Waals surface area (Å²) in [6.45, 7) is 19.5. The van der Waals surface area contributed by atoms with Gasteiger partial charge in [0.05, 0.1) is 22.5 Å². The van der Waals surface area contributed by atoms with Gasteiger partial charge in [-0.05, 0) is 225 Å². The maximum absolute atomic E-state index is 13.5. The van der Waals surface area contributed by atoms with Crippen LogP contribution in [0.25, 0.3) is 53.9 Å². The van der Waals surface area contributed by atoms with Gasteiger partial charge in [0.2, 0.25) is 41.9 Å². The third-order valence-electron chi connectivity index (χ3n) is 28.9. The van der Waals surface area contributed by atoms with Crippen LogP contribution in [0.5, 0.6) is 0 Å². The monoisotopic (exact) mass is 1990 g/mol. The number of sulfonamides is 3. The number of carbonyl (C=O) groups is 4. The van der Waals surface area contributed by atoms with Crippen LogP contribution >= 0.6 is 0 Å². The molecule has 0 bridgehead atoms. The molecule has 142 heavy (non-hydrogen) atoms. The van der Waals surface area contributed by atoms with E-state index in [2.05, 4.69) is 51.9 Å². The van der Waals surface area contributed by atoms with Crippen LogP contribution in [0.4, 0.5) is 0 Å². The Morgan fingerprint density at radius 1 is 0.415 bits per heavy atom. The number of hydrogen-bond acceptors (Lipinski definition) is 21. The van der Waals surface area contributed by atoms with Crippen molar-refractivity contribution in [2.24, 2.45) is 0 Å². The van der Waals surface area contributed by atoms with Crippen LogP contribution in [0.15, 0.2) is 216 Å². The van der Waals surface area contributed by atoms with E-state index in [1.165, 1.54) is 51.0 Å². The van der Waals surface area contributed by atoms with Crippen molar-refractivity contribution in [1.82, 2.24) is 77.9 Å². The lowest BCUT2D eigenvalue weighted by Crippen LogP contribution is -2.47. The van der Waals surface area contributed by atoms with Crippen LogP contribution in [0.2, 0.25) is 0 Å². The smallest absolute Gasteiger partial charge is 0.256 e. The molecule has 14 heterocycles. The summed E-state index contributed by atoms with van der Waals surface area (Å²) in [4.78, 5) is 139. The third-order valence-corrected chi connectivity index (χ3v) is 34.0. The lowest BCUT2D eigenvalue weighted by atomic mass is 9.98. The van der Waals surface area contributed by atoms with Gasteiger partial charge < -0.3 is 74.8 Å². The molecular weight excluding hydrogens is 1870 g/mol. The van der Waals surface area contributed by atoms with E-state index in [0.717, 1.165) is 173 Å². The quantitative estimate of drug-likeness (QED) is 0.0311. The van der Waals surface area contributed by atoms with E-state index >= 15 is 0 Å². The standard InChI is InChI=1S/C28H32N4O4S.C24H26N4O4S.C21H27N3O3.C19H25N3O3.C14H14N2O3S/c33-27-24-6-2-1-5-23(24)25-19-32(18-13-26(25)29-27)37(35,36)22-9-7-20(8-10-22)28(34)31-16-11-21(12-17-31)30-14-3-4-15-30;1-26-12-14-27(15-13-26)24(30)17-6-8-18(9-7-17)33(31,32)28-11-10-22-21(16-28)19-4-2-3-5-20(19)23(29)25-22;25-20(8-3-10-22-13-15-5-4-12-27-15)24-11-9-19-18(14-24)16-6-1-2-7-17(16)21(26)23-19;1-13(12-23)20-9-4-7-18(24)22-10-8-17-16(11-22)14-5-2-3-6-15(14)19(25)21-17;1-2-20(18,19)16-8-7-13-12(9-16)10-5-3-4-6-11(10)14(17)15-13/h1-2,5-10,21H,3-4,11-19H2,(H,29,33);2-9H,10-16H2,1H3,(H,25,29);1-2,6-7,15,22H,3-5,8-14H2,(H,23,26);2-3,5-6,13,20,23H,4,7-12H2,1H3,(H,21,25);2-6H,1,7-9H2,(H,15,17)/t;;15-;;/m..1../s1. The lowest BCUT2D eigenvalue weighted by molar-refractivity contribution is -0.133. The number of fused-ring (bicyclic) bond motifs is 15. The number of nitrogens with zero attached hydrogens (tertiary/aromatic N) is 9. The predicted molar refractivity (Wildman–Crippen MR) is 548 cm³/mol. The van der Waals surface area contributed by atoms with Gasteiger partial charge in [-0.25, -0.2) is 25.3 Å². The number of piperazine rings is 1. The van der Waals surface area contributed by atoms with Crippen molar-refractivity contribution in [1.29, 1.82) is 0 Å². The van der Waals surface area contributed by atoms with E-state index in [0.29, 0.717) is 148 Å². The Morgan fingerprint density at radius 2 is 0.761 bits per heavy atom. The highest BCUT2D eigenvalue weighted by Gasteiger charge is 2.37. The first-order valence-electron chi connectivity index (χ1n) is 49.3. The molecule has 12 aromatic rings. The minimum Gasteiger partial charge on any atom is -0.395 e. The maximum atomic E-state index is 13.5. The SMILES string of the molecule is C=CS(=O)(=O)N1CCc2[nH]c(=O)c3ccccc3c2C1.CC(CO)NCCCC(=O)N1CCc2[nH]c(=O)c3ccccc3c2C1.CN1CCN(C(=O)c2ccc(S(=O)(=O)N3CCc4[nH]c(=O)c5ccccc5c4C3)cc2)CC1.O=C(CCCNC[C@H]1CCCO1)N1CCc2[nH]c(=O)c3ccccc3c2C1.O=C(c1ccc(S(=O)(=O)N2CCc3[nH]c(=O)c4ccccc4c3C2)cc1)N1CCC(N2CCCC2)CC1. The fraction of sp³-hybridized carbons (Fsp3) is 0.406. The number of hydrogen-bond donors (Lipinski definition) is 8. The number of likely N-dealkylation sites (N-methyl/N-ethyl adjacent to an activating group) is 1. The van der Waals surface area contributed by atoms with Crippen molar-refractivity contribution >= 4 is 108 Å². The second-order valence-corrected chi connectivity index (χ2v) is 43.6. The molecule has 0 radical (unpaired) electrons. The summed E-state index contributed by atoms with van der Waals surface area (Å²) in [5, 5.41) is 23.9. The molecule has 33 nitrogen and oxygen atoms in total. The Balaban J connectivity index is 0.000000124. The highest BCUT2D eigenvalue weighted by atomic mass is 32.2. The van der Waals surface area contributed by atoms with E-state index in [1.807, 2.05) is 114 Å². The minimum atomic E-state index is -3.76. The van der Waals surface area contributed by atoms with Crippen LogP contribution in [-0.2, 0) is 109 Å². The summed E-state index contributed by atoms with van der Waals surface area (Å²) in [5.74, 6) is 0.217. The molecule has 36 heteroatoms. The van der Waals surface area contributed by atoms with Gasteiger partial charge in [-0.15, -0.1) is 0 Å². The number of H-pyrrole nitrogens is 5. The average molecular weight is 1990 g/mol. The van der Waals surface area contributed by atoms with Crippen LogP contribution in [-0.4, -0.2) is 264 Å². The molecule has 4 saturated heterocycles. The molecule has 9 aliphatic heterocycles. The van der Waals surface area contributed by atoms with E-state index in [4.69, 9.17) is 9.84 Å². The minimum absolute atomic E-state index is 0.0360. The molecule has 4 amide bonds. The fourth-order valence-corrected chi connectivity index (χ4v) is 24.4. The number of aliphatic hydroxyl groups is 1. The van der Waals surface area contributed by atoms with Crippen LogP contribution < -0.4 is 38.4 Å². The van der Waals surface area contributed by atoms with Crippen molar-refractivity contribution in [2.45, 2.75) is 164 Å². The van der Waals surface area contributed by atoms with Gasteiger partial charge in [0, 0.05) is 247 Å². The van der Waals surface area contributed by atoms with Gasteiger partial charge in [-0.3, -0.25) is 43.2 Å². The Hall–Kier alpha value is -12.3. The number of aromatic amines is 5. The number of piperidine rings is 1. The normalized spacial score (nSPS) is 17.9. The number of likely N-dealkylation sites (tertiary alicyclic amines) is 2. The number of amides is 4. The second kappa shape index (κ2) is 45.1. The van der Waals surface area contributed by atoms with Gasteiger partial charge in [0.1, 0.15) is 0 Å². The summed E-state index contributed by atoms with van der Waals surface area (Å²) in [7, 11) is -8.91. The lowest BCUT2D eigenvalue weighted by Gasteiger charge is -2.36. The van der Waals surface area contributed by atoms with Gasteiger partial charge in [-0.1, -0.05) is 97.6 Å². The van der Waals surface area contributed by atoms with Crippen molar-refractivity contribution in [3.05, 3.63) is 301 Å². The Labute approximate surface area is 824 Å². The van der Waals surface area contributed by atoms with Crippen LogP contribution in [0, 0.1) is 0 Å². The molecule has 2 atom stereocenters. The molecule has 5 aromatic heterocycles. The fourth-order valence-electron chi connectivity index (χ4n) is 20.7. The Morgan fingerprint density at radius 3 is 1.13 bits per heavy atom. The molecular formula is C106H124N16O17S3. The molecule has 0 spiro atoms. The molecule has 748 valence electrons. The first kappa shape index (κ1) is 101. The first-order valence-corrected chi connectivity index (χ1v) is 53.7. The van der Waals surface area contributed by atoms with E-state index in [-0.39, 0.29) is 107 Å². The summed E-state index contributed by atoms with van der Waals surface area (Å²) in [5.41, 5.74) is 9.51. The number of benzene rings is 7. The number of pyridine rings is 5. The largest absolute Gasteiger partial charge is 0.395 e. The summed E-state index contributed by atoms with van der Waals surface area (Å²) in [6, 6.07) is 50.2. The van der Waals surface area contributed by atoms with Crippen LogP contribution in [0.3, 0.4) is 0 Å². The molecule has 0 aliphatic carbocycles. The van der Waals surface area contributed by atoms with Crippen molar-refractivity contribution in [2.75, 3.05) is 125 Å². The van der Waals surface area contributed by atoms with Gasteiger partial charge in [-0.2, -0.15) is 12.9 Å². The zero-order chi connectivity index (χ0) is 99.5. The van der Waals surface area contributed by atoms with Crippen molar-refractivity contribution < 1.29 is 54.3 Å². The molecule has 8 N–H and O–H groups in total. The zero-order valence-electron chi connectivity index (χ0n) is 80.3. The summed E-state index contributed by atoms with van der Waals surface area (Å²) < 4.78 is 87.4. The van der Waals surface area contributed by atoms with Gasteiger partial charge >= 0.3 is 0 Å². The van der Waals surface area contributed by atoms with Crippen molar-refractivity contribution in [3.63, 3.8) is 0 Å². The van der Waals surface area contributed by atoms with Gasteiger partial charge in [0.15, 0.2) is 0 Å². The molecule has 7 aromatic carbocycles. The second-order valence-electron chi connectivity index (χ2n) is 37.9. The maximum Gasteiger partial charge on any atom is 0.256 e. The van der Waals surface area contributed by atoms with E-state index in [9.17, 15) is 68.4 Å². The molecule has 0 saturated carbocycles. The average Bonchev–Trinajstić information content (AvgIpc) is 0.802. The number of nitrogens with one attached hydrogen (secondary N) is 7. The number of aromatic nitrogens is 5. The molecule has 4 fully saturated rings. The summed E-state index contributed by atoms with van der Waals surface area (Å²) in [6.07, 6.45) is 12.6. The molecule has 1 unspecified atom stereocenters. The first-order chi connectivity index (χ1) is 68.6. The number of carbonyl (C=O) groups excluding carboxylic acids is 4. The topological polar surface area (TPSA) is 418 Å². The van der Waals surface area contributed by atoms with Crippen molar-refractivity contribution in [3.8, 4) is 0 Å². The Kier molecular flexibility index (Phi) is 32.1. The molecule has 21 rings (SSSR count). The van der Waals surface area contributed by atoms with Crippen LogP contribution in [0.1, 0.15) is 148 Å². The predicted octanol–water partition coefficient (Wildman–Crippen LogP) is 9.12.